The summed E-state index contributed by atoms with van der Waals surface area (Å²) in [5, 5.41) is 11.5. The lowest BCUT2D eigenvalue weighted by Crippen LogP contribution is -2.26. The Bertz CT molecular complexity index is 377. The quantitative estimate of drug-likeness (QED) is 0.776. The van der Waals surface area contributed by atoms with E-state index in [1.807, 2.05) is 0 Å². The molecule has 2 rings (SSSR count). The van der Waals surface area contributed by atoms with E-state index < -0.39 is 12.0 Å². The standard InChI is InChI=1S/C10H13N3O2/c1-6(10(14)15)12-8-4-5-11-9(13-8)7-2-3-7/h4-7H,2-3H2,1H3,(H,14,15)(H,11,12,13)/t6-/m0/s1. The fourth-order valence-electron chi connectivity index (χ4n) is 1.28. The van der Waals surface area contributed by atoms with Crippen LogP contribution in [0.4, 0.5) is 5.82 Å². The predicted molar refractivity (Wildman–Crippen MR) is 54.7 cm³/mol. The van der Waals surface area contributed by atoms with Crippen LogP contribution in [0.15, 0.2) is 12.3 Å². The van der Waals surface area contributed by atoms with E-state index in [0.29, 0.717) is 11.7 Å². The Kier molecular flexibility index (Phi) is 2.53. The number of hydrogen-bond donors (Lipinski definition) is 2. The van der Waals surface area contributed by atoms with Gasteiger partial charge in [0.1, 0.15) is 17.7 Å². The van der Waals surface area contributed by atoms with Gasteiger partial charge >= 0.3 is 5.97 Å². The molecular formula is C10H13N3O2. The monoisotopic (exact) mass is 207 g/mol. The van der Waals surface area contributed by atoms with Gasteiger partial charge in [-0.25, -0.2) is 9.97 Å². The largest absolute Gasteiger partial charge is 0.480 e. The molecule has 0 bridgehead atoms. The Labute approximate surface area is 87.6 Å². The number of anilines is 1. The van der Waals surface area contributed by atoms with Gasteiger partial charge in [-0.1, -0.05) is 0 Å². The van der Waals surface area contributed by atoms with Crippen molar-refractivity contribution < 1.29 is 9.90 Å². The number of carbonyl (C=O) groups is 1. The molecule has 15 heavy (non-hydrogen) atoms. The van der Waals surface area contributed by atoms with Crippen molar-refractivity contribution in [3.63, 3.8) is 0 Å². The second-order valence-corrected chi connectivity index (χ2v) is 3.78. The first-order chi connectivity index (χ1) is 7.16. The maximum absolute atomic E-state index is 10.6. The summed E-state index contributed by atoms with van der Waals surface area (Å²) in [5.41, 5.74) is 0. The summed E-state index contributed by atoms with van der Waals surface area (Å²) < 4.78 is 0. The van der Waals surface area contributed by atoms with Crippen molar-refractivity contribution in [2.24, 2.45) is 0 Å². The summed E-state index contributed by atoms with van der Waals surface area (Å²) >= 11 is 0. The molecule has 1 heterocycles. The molecule has 0 aromatic carbocycles. The van der Waals surface area contributed by atoms with Crippen molar-refractivity contribution in [1.82, 2.24) is 9.97 Å². The van der Waals surface area contributed by atoms with Gasteiger partial charge in [0, 0.05) is 12.1 Å². The van der Waals surface area contributed by atoms with E-state index in [-0.39, 0.29) is 0 Å². The van der Waals surface area contributed by atoms with Gasteiger partial charge in [0.05, 0.1) is 0 Å². The van der Waals surface area contributed by atoms with Crippen molar-refractivity contribution in [3.8, 4) is 0 Å². The van der Waals surface area contributed by atoms with Crippen molar-refractivity contribution in [3.05, 3.63) is 18.1 Å². The van der Waals surface area contributed by atoms with Crippen molar-refractivity contribution in [2.75, 3.05) is 5.32 Å². The van der Waals surface area contributed by atoms with Gasteiger partial charge in [-0.3, -0.25) is 4.79 Å². The second-order valence-electron chi connectivity index (χ2n) is 3.78. The molecule has 5 nitrogen and oxygen atoms in total. The first kappa shape index (κ1) is 9.89. The number of carboxylic acid groups (broad SMARTS) is 1. The Morgan fingerprint density at radius 1 is 1.67 bits per heavy atom. The number of aliphatic carboxylic acids is 1. The third kappa shape index (κ3) is 2.43. The summed E-state index contributed by atoms with van der Waals surface area (Å²) in [4.78, 5) is 19.1. The molecule has 0 saturated heterocycles. The van der Waals surface area contributed by atoms with E-state index in [0.717, 1.165) is 18.7 Å². The fraction of sp³-hybridized carbons (Fsp3) is 0.500. The van der Waals surface area contributed by atoms with Crippen LogP contribution in [-0.4, -0.2) is 27.1 Å². The second kappa shape index (κ2) is 3.84. The molecule has 1 aromatic rings. The number of nitrogens with zero attached hydrogens (tertiary/aromatic N) is 2. The molecular weight excluding hydrogens is 194 g/mol. The molecule has 1 fully saturated rings. The Hall–Kier alpha value is -1.65. The SMILES string of the molecule is C[C@H](Nc1ccnc(C2CC2)n1)C(=O)O. The summed E-state index contributed by atoms with van der Waals surface area (Å²) in [6.07, 6.45) is 3.94. The van der Waals surface area contributed by atoms with Gasteiger partial charge in [0.15, 0.2) is 0 Å². The highest BCUT2D eigenvalue weighted by molar-refractivity contribution is 5.76. The number of aromatic nitrogens is 2. The summed E-state index contributed by atoms with van der Waals surface area (Å²) in [7, 11) is 0. The van der Waals surface area contributed by atoms with Crippen molar-refractivity contribution in [1.29, 1.82) is 0 Å². The average molecular weight is 207 g/mol. The van der Waals surface area contributed by atoms with Crippen LogP contribution in [0.1, 0.15) is 31.5 Å². The van der Waals surface area contributed by atoms with E-state index in [4.69, 9.17) is 5.11 Å². The normalized spacial score (nSPS) is 17.1. The molecule has 0 radical (unpaired) electrons. The van der Waals surface area contributed by atoms with E-state index >= 15 is 0 Å². The minimum absolute atomic E-state index is 0.479. The zero-order valence-corrected chi connectivity index (χ0v) is 8.47. The zero-order chi connectivity index (χ0) is 10.8. The van der Waals surface area contributed by atoms with Gasteiger partial charge in [0.2, 0.25) is 0 Å². The molecule has 0 spiro atoms. The van der Waals surface area contributed by atoms with E-state index in [2.05, 4.69) is 15.3 Å². The molecule has 0 amide bonds. The number of nitrogens with one attached hydrogen (secondary N) is 1. The molecule has 1 aliphatic carbocycles. The van der Waals surface area contributed by atoms with E-state index in [1.54, 1.807) is 19.2 Å². The maximum Gasteiger partial charge on any atom is 0.325 e. The highest BCUT2D eigenvalue weighted by Crippen LogP contribution is 2.37. The number of hydrogen-bond acceptors (Lipinski definition) is 4. The lowest BCUT2D eigenvalue weighted by atomic mass is 10.3. The maximum atomic E-state index is 10.6. The van der Waals surface area contributed by atoms with Crippen LogP contribution >= 0.6 is 0 Å². The molecule has 1 aromatic heterocycles. The van der Waals surface area contributed by atoms with Gasteiger partial charge in [0.25, 0.3) is 0 Å². The molecule has 2 N–H and O–H groups in total. The minimum Gasteiger partial charge on any atom is -0.480 e. The molecule has 1 aliphatic rings. The Morgan fingerprint density at radius 2 is 2.40 bits per heavy atom. The topological polar surface area (TPSA) is 75.1 Å². The first-order valence-electron chi connectivity index (χ1n) is 4.99. The van der Waals surface area contributed by atoms with Crippen molar-refractivity contribution >= 4 is 11.8 Å². The van der Waals surface area contributed by atoms with E-state index in [1.165, 1.54) is 0 Å². The fourth-order valence-corrected chi connectivity index (χ4v) is 1.28. The number of carboxylic acids is 1. The highest BCUT2D eigenvalue weighted by atomic mass is 16.4. The predicted octanol–water partition coefficient (Wildman–Crippen LogP) is 1.24. The van der Waals surface area contributed by atoms with Crippen LogP contribution in [0, 0.1) is 0 Å². The molecule has 1 saturated carbocycles. The molecule has 0 aliphatic heterocycles. The lowest BCUT2D eigenvalue weighted by Gasteiger charge is -2.09. The third-order valence-corrected chi connectivity index (χ3v) is 2.35. The molecule has 80 valence electrons. The first-order valence-corrected chi connectivity index (χ1v) is 4.99. The van der Waals surface area contributed by atoms with Crippen molar-refractivity contribution in [2.45, 2.75) is 31.7 Å². The number of rotatable bonds is 4. The zero-order valence-electron chi connectivity index (χ0n) is 8.47. The van der Waals surface area contributed by atoms with Gasteiger partial charge in [-0.2, -0.15) is 0 Å². The molecule has 0 unspecified atom stereocenters. The van der Waals surface area contributed by atoms with Gasteiger partial charge in [-0.15, -0.1) is 0 Å². The third-order valence-electron chi connectivity index (χ3n) is 2.35. The molecule has 5 heteroatoms. The average Bonchev–Trinajstić information content (AvgIpc) is 3.01. The summed E-state index contributed by atoms with van der Waals surface area (Å²) in [5.74, 6) is 0.993. The molecule has 1 atom stereocenters. The van der Waals surface area contributed by atoms with Gasteiger partial charge in [-0.05, 0) is 25.8 Å². The lowest BCUT2D eigenvalue weighted by molar-refractivity contribution is -0.137. The van der Waals surface area contributed by atoms with Crippen LogP contribution < -0.4 is 5.32 Å². The summed E-state index contributed by atoms with van der Waals surface area (Å²) in [6.45, 7) is 1.58. The summed E-state index contributed by atoms with van der Waals surface area (Å²) in [6, 6.07) is 1.05. The van der Waals surface area contributed by atoms with Crippen LogP contribution in [0.3, 0.4) is 0 Å². The van der Waals surface area contributed by atoms with Crippen LogP contribution in [0.2, 0.25) is 0 Å². The van der Waals surface area contributed by atoms with E-state index in [9.17, 15) is 4.79 Å². The Morgan fingerprint density at radius 3 is 3.00 bits per heavy atom. The Balaban J connectivity index is 2.07. The van der Waals surface area contributed by atoms with Crippen LogP contribution in [0.5, 0.6) is 0 Å². The minimum atomic E-state index is -0.887. The van der Waals surface area contributed by atoms with Crippen LogP contribution in [-0.2, 0) is 4.79 Å². The smallest absolute Gasteiger partial charge is 0.325 e. The van der Waals surface area contributed by atoms with Crippen LogP contribution in [0.25, 0.3) is 0 Å². The van der Waals surface area contributed by atoms with Gasteiger partial charge < -0.3 is 10.4 Å². The highest BCUT2D eigenvalue weighted by Gasteiger charge is 2.26.